The Morgan fingerprint density at radius 3 is 2.45 bits per heavy atom. The number of thioether (sulfide) groups is 1. The van der Waals surface area contributed by atoms with Crippen molar-refractivity contribution in [2.24, 2.45) is 0 Å². The number of pyridine rings is 1. The number of benzene rings is 1. The van der Waals surface area contributed by atoms with E-state index in [9.17, 15) is 4.79 Å². The van der Waals surface area contributed by atoms with Crippen molar-refractivity contribution in [3.05, 3.63) is 84.8 Å². The van der Waals surface area contributed by atoms with Crippen molar-refractivity contribution in [2.75, 3.05) is 0 Å². The van der Waals surface area contributed by atoms with Gasteiger partial charge in [-0.15, -0.1) is 0 Å². The van der Waals surface area contributed by atoms with Gasteiger partial charge >= 0.3 is 0 Å². The minimum absolute atomic E-state index is 0.0354. The van der Waals surface area contributed by atoms with Crippen LogP contribution in [0.3, 0.4) is 0 Å². The predicted molar refractivity (Wildman–Crippen MR) is 120 cm³/mol. The first kappa shape index (κ1) is 21.2. The van der Waals surface area contributed by atoms with Gasteiger partial charge in [0.2, 0.25) is 5.91 Å². The van der Waals surface area contributed by atoms with Gasteiger partial charge in [0.25, 0.3) is 0 Å². The zero-order valence-electron chi connectivity index (χ0n) is 17.1. The molecular weight excluding hydrogens is 378 g/mol. The molecule has 1 amide bonds. The third-order valence-electron chi connectivity index (χ3n) is 5.01. The van der Waals surface area contributed by atoms with E-state index in [1.54, 1.807) is 18.0 Å². The summed E-state index contributed by atoms with van der Waals surface area (Å²) in [5, 5.41) is 3.88. The smallest absolute Gasteiger partial charge is 0.234 e. The Morgan fingerprint density at radius 2 is 1.79 bits per heavy atom. The number of aromatic nitrogens is 2. The number of hydrogen-bond donors (Lipinski definition) is 1. The van der Waals surface area contributed by atoms with Crippen LogP contribution in [0.25, 0.3) is 0 Å². The highest BCUT2D eigenvalue weighted by atomic mass is 32.2. The van der Waals surface area contributed by atoms with Gasteiger partial charge in [-0.05, 0) is 49.6 Å². The molecule has 0 aliphatic heterocycles. The van der Waals surface area contributed by atoms with Gasteiger partial charge < -0.3 is 9.88 Å². The fourth-order valence-electron chi connectivity index (χ4n) is 3.46. The summed E-state index contributed by atoms with van der Waals surface area (Å²) in [5.74, 6) is 0.0604. The van der Waals surface area contributed by atoms with Crippen LogP contribution >= 0.6 is 11.8 Å². The Hall–Kier alpha value is -2.53. The van der Waals surface area contributed by atoms with E-state index in [1.807, 2.05) is 67.6 Å². The maximum absolute atomic E-state index is 13.3. The second-order valence-corrected chi connectivity index (χ2v) is 8.45. The second kappa shape index (κ2) is 10.9. The standard InChI is InChI=1S/C24H29N3OS/c1-3-11-21(27-16-9-10-17-27)18-22(29-23-14-7-8-15-25-23)24(28)26-19(2)20-12-5-4-6-13-20/h4-10,12-17,19,21-22H,3,11,18H2,1-2H3,(H,26,28)/t19-,21-,22+/m0/s1. The maximum atomic E-state index is 13.3. The molecule has 0 fully saturated rings. The average molecular weight is 408 g/mol. The Balaban J connectivity index is 1.77. The fourth-order valence-corrected chi connectivity index (χ4v) is 4.53. The largest absolute Gasteiger partial charge is 0.351 e. The molecule has 0 unspecified atom stereocenters. The molecule has 0 aliphatic rings. The zero-order valence-corrected chi connectivity index (χ0v) is 17.9. The van der Waals surface area contributed by atoms with Crippen LogP contribution in [-0.4, -0.2) is 20.7 Å². The average Bonchev–Trinajstić information content (AvgIpc) is 3.29. The van der Waals surface area contributed by atoms with Crippen LogP contribution in [0.5, 0.6) is 0 Å². The highest BCUT2D eigenvalue weighted by molar-refractivity contribution is 8.00. The van der Waals surface area contributed by atoms with Crippen molar-refractivity contribution in [3.8, 4) is 0 Å². The zero-order chi connectivity index (χ0) is 20.5. The van der Waals surface area contributed by atoms with E-state index in [-0.39, 0.29) is 23.2 Å². The maximum Gasteiger partial charge on any atom is 0.234 e. The summed E-state index contributed by atoms with van der Waals surface area (Å²) in [7, 11) is 0. The molecule has 3 rings (SSSR count). The molecule has 5 heteroatoms. The van der Waals surface area contributed by atoms with E-state index in [4.69, 9.17) is 0 Å². The normalized spacial score (nSPS) is 14.1. The predicted octanol–water partition coefficient (Wildman–Crippen LogP) is 5.65. The molecule has 3 aromatic rings. The van der Waals surface area contributed by atoms with Crippen LogP contribution < -0.4 is 5.32 Å². The SMILES string of the molecule is CCC[C@@H](C[C@@H](Sc1ccccn1)C(=O)N[C@@H](C)c1ccccc1)n1cccc1. The van der Waals surface area contributed by atoms with E-state index < -0.39 is 0 Å². The van der Waals surface area contributed by atoms with Gasteiger partial charge in [0.05, 0.1) is 16.3 Å². The molecule has 0 saturated carbocycles. The highest BCUT2D eigenvalue weighted by Crippen LogP contribution is 2.31. The summed E-state index contributed by atoms with van der Waals surface area (Å²) in [6.45, 7) is 4.22. The molecule has 0 radical (unpaired) electrons. The van der Waals surface area contributed by atoms with Crippen molar-refractivity contribution >= 4 is 17.7 Å². The molecule has 152 valence electrons. The van der Waals surface area contributed by atoms with E-state index in [2.05, 4.69) is 34.2 Å². The van der Waals surface area contributed by atoms with Gasteiger partial charge in [0, 0.05) is 24.6 Å². The second-order valence-electron chi connectivity index (χ2n) is 7.22. The third-order valence-corrected chi connectivity index (χ3v) is 6.18. The lowest BCUT2D eigenvalue weighted by Crippen LogP contribution is -2.36. The van der Waals surface area contributed by atoms with Crippen LogP contribution in [0.15, 0.2) is 84.3 Å². The van der Waals surface area contributed by atoms with E-state index in [0.717, 1.165) is 29.9 Å². The first-order chi connectivity index (χ1) is 14.2. The van der Waals surface area contributed by atoms with Crippen molar-refractivity contribution in [1.29, 1.82) is 0 Å². The summed E-state index contributed by atoms with van der Waals surface area (Å²) >= 11 is 1.55. The Kier molecular flexibility index (Phi) is 7.94. The topological polar surface area (TPSA) is 46.9 Å². The lowest BCUT2D eigenvalue weighted by Gasteiger charge is -2.25. The van der Waals surface area contributed by atoms with Crippen LogP contribution in [0, 0.1) is 0 Å². The van der Waals surface area contributed by atoms with Gasteiger partial charge in [-0.2, -0.15) is 0 Å². The quantitative estimate of drug-likeness (QED) is 0.442. The van der Waals surface area contributed by atoms with Crippen molar-refractivity contribution in [1.82, 2.24) is 14.9 Å². The minimum Gasteiger partial charge on any atom is -0.351 e. The number of carbonyl (C=O) groups is 1. The highest BCUT2D eigenvalue weighted by Gasteiger charge is 2.26. The summed E-state index contributed by atoms with van der Waals surface area (Å²) in [6.07, 6.45) is 8.83. The Bertz CT molecular complexity index is 852. The van der Waals surface area contributed by atoms with Gasteiger partial charge in [0.1, 0.15) is 0 Å². The van der Waals surface area contributed by atoms with Crippen LogP contribution in [0.1, 0.15) is 50.8 Å². The minimum atomic E-state index is -0.213. The molecule has 1 aromatic carbocycles. The molecule has 3 atom stereocenters. The number of amides is 1. The fraction of sp³-hybridized carbons (Fsp3) is 0.333. The molecule has 0 saturated heterocycles. The molecule has 29 heavy (non-hydrogen) atoms. The van der Waals surface area contributed by atoms with E-state index >= 15 is 0 Å². The Labute approximate surface area is 177 Å². The summed E-state index contributed by atoms with van der Waals surface area (Å²) in [6, 6.07) is 20.3. The van der Waals surface area contributed by atoms with Crippen molar-refractivity contribution in [2.45, 2.75) is 55.5 Å². The lowest BCUT2D eigenvalue weighted by molar-refractivity contribution is -0.121. The van der Waals surface area contributed by atoms with Gasteiger partial charge in [0.15, 0.2) is 0 Å². The summed E-state index contributed by atoms with van der Waals surface area (Å²) < 4.78 is 2.23. The summed E-state index contributed by atoms with van der Waals surface area (Å²) in [5.41, 5.74) is 1.11. The number of carbonyl (C=O) groups excluding carboxylic acids is 1. The Morgan fingerprint density at radius 1 is 1.07 bits per heavy atom. The molecule has 4 nitrogen and oxygen atoms in total. The molecule has 2 heterocycles. The number of hydrogen-bond acceptors (Lipinski definition) is 3. The van der Waals surface area contributed by atoms with E-state index in [0.29, 0.717) is 0 Å². The number of nitrogens with one attached hydrogen (secondary N) is 1. The molecule has 0 aliphatic carbocycles. The first-order valence-electron chi connectivity index (χ1n) is 10.2. The van der Waals surface area contributed by atoms with Crippen LogP contribution in [-0.2, 0) is 4.79 Å². The van der Waals surface area contributed by atoms with E-state index in [1.165, 1.54) is 0 Å². The molecule has 0 spiro atoms. The molecule has 2 aromatic heterocycles. The molecule has 1 N–H and O–H groups in total. The van der Waals surface area contributed by atoms with Gasteiger partial charge in [-0.3, -0.25) is 4.79 Å². The van der Waals surface area contributed by atoms with Crippen molar-refractivity contribution < 1.29 is 4.79 Å². The van der Waals surface area contributed by atoms with Gasteiger partial charge in [-0.25, -0.2) is 4.98 Å². The lowest BCUT2D eigenvalue weighted by atomic mass is 10.0. The first-order valence-corrected chi connectivity index (χ1v) is 11.1. The molecule has 0 bridgehead atoms. The number of nitrogens with zero attached hydrogens (tertiary/aromatic N) is 2. The summed E-state index contributed by atoms with van der Waals surface area (Å²) in [4.78, 5) is 17.7. The molecular formula is C24H29N3OS. The number of rotatable bonds is 10. The van der Waals surface area contributed by atoms with Crippen molar-refractivity contribution in [3.63, 3.8) is 0 Å². The van der Waals surface area contributed by atoms with Gasteiger partial charge in [-0.1, -0.05) is 61.5 Å². The van der Waals surface area contributed by atoms with Crippen LogP contribution in [0.4, 0.5) is 0 Å². The van der Waals surface area contributed by atoms with Crippen LogP contribution in [0.2, 0.25) is 0 Å². The monoisotopic (exact) mass is 407 g/mol. The third kappa shape index (κ3) is 6.23.